The van der Waals surface area contributed by atoms with Crippen LogP contribution in [-0.2, 0) is 14.3 Å². The maximum atomic E-state index is 11.7. The van der Waals surface area contributed by atoms with Crippen LogP contribution in [-0.4, -0.2) is 37.0 Å². The van der Waals surface area contributed by atoms with E-state index < -0.39 is 0 Å². The molecule has 106 valence electrons. The predicted octanol–water partition coefficient (Wildman–Crippen LogP) is 2.61. The molecule has 0 spiro atoms. The molecule has 0 unspecified atom stereocenters. The normalized spacial score (nSPS) is 10.5. The first-order valence-electron chi connectivity index (χ1n) is 6.80. The van der Waals surface area contributed by atoms with Crippen LogP contribution >= 0.6 is 0 Å². The van der Waals surface area contributed by atoms with Crippen molar-refractivity contribution < 1.29 is 14.3 Å². The van der Waals surface area contributed by atoms with Gasteiger partial charge in [0.1, 0.15) is 0 Å². The Morgan fingerprint density at radius 2 is 1.83 bits per heavy atom. The Hall–Kier alpha value is -1.06. The molecule has 0 aliphatic rings. The van der Waals surface area contributed by atoms with Crippen molar-refractivity contribution in [3.05, 3.63) is 0 Å². The fourth-order valence-electron chi connectivity index (χ4n) is 1.54. The van der Waals surface area contributed by atoms with Crippen molar-refractivity contribution in [3.63, 3.8) is 0 Å². The smallest absolute Gasteiger partial charge is 0.302 e. The van der Waals surface area contributed by atoms with Crippen LogP contribution in [0.1, 0.15) is 52.9 Å². The van der Waals surface area contributed by atoms with Crippen molar-refractivity contribution in [2.24, 2.45) is 5.92 Å². The standard InChI is InChI=1S/C14H27NO3/c1-12(2)9-10-15(4)14(17)8-6-5-7-11-18-13(3)16/h12H,5-11H2,1-4H3. The monoisotopic (exact) mass is 257 g/mol. The van der Waals surface area contributed by atoms with Crippen molar-refractivity contribution in [2.75, 3.05) is 20.2 Å². The van der Waals surface area contributed by atoms with Gasteiger partial charge in [0.2, 0.25) is 5.91 Å². The fourth-order valence-corrected chi connectivity index (χ4v) is 1.54. The van der Waals surface area contributed by atoms with Gasteiger partial charge in [-0.2, -0.15) is 0 Å². The molecule has 4 heteroatoms. The number of carbonyl (C=O) groups is 2. The van der Waals surface area contributed by atoms with E-state index in [9.17, 15) is 9.59 Å². The number of ether oxygens (including phenoxy) is 1. The number of nitrogens with zero attached hydrogens (tertiary/aromatic N) is 1. The Labute approximate surface area is 111 Å². The molecule has 1 amide bonds. The first-order valence-corrected chi connectivity index (χ1v) is 6.80. The van der Waals surface area contributed by atoms with Gasteiger partial charge in [-0.1, -0.05) is 13.8 Å². The average molecular weight is 257 g/mol. The molecular formula is C14H27NO3. The number of rotatable bonds is 9. The molecule has 0 fully saturated rings. The van der Waals surface area contributed by atoms with Crippen LogP contribution in [0.3, 0.4) is 0 Å². The molecule has 0 aliphatic heterocycles. The van der Waals surface area contributed by atoms with Gasteiger partial charge in [0, 0.05) is 26.9 Å². The van der Waals surface area contributed by atoms with Gasteiger partial charge in [-0.05, 0) is 31.6 Å². The third-order valence-corrected chi connectivity index (χ3v) is 2.81. The minimum Gasteiger partial charge on any atom is -0.466 e. The zero-order chi connectivity index (χ0) is 14.0. The molecule has 0 atom stereocenters. The van der Waals surface area contributed by atoms with Gasteiger partial charge in [-0.3, -0.25) is 9.59 Å². The number of amides is 1. The quantitative estimate of drug-likeness (QED) is 0.471. The third kappa shape index (κ3) is 10.1. The Morgan fingerprint density at radius 3 is 2.39 bits per heavy atom. The van der Waals surface area contributed by atoms with Crippen LogP contribution in [0.4, 0.5) is 0 Å². The van der Waals surface area contributed by atoms with Gasteiger partial charge in [-0.15, -0.1) is 0 Å². The second-order valence-corrected chi connectivity index (χ2v) is 5.15. The van der Waals surface area contributed by atoms with E-state index in [1.54, 1.807) is 0 Å². The van der Waals surface area contributed by atoms with Crippen LogP contribution in [0.25, 0.3) is 0 Å². The van der Waals surface area contributed by atoms with E-state index in [-0.39, 0.29) is 11.9 Å². The summed E-state index contributed by atoms with van der Waals surface area (Å²) < 4.78 is 4.83. The molecule has 0 saturated heterocycles. The molecule has 0 N–H and O–H groups in total. The highest BCUT2D eigenvalue weighted by molar-refractivity contribution is 5.75. The van der Waals surface area contributed by atoms with Crippen molar-refractivity contribution in [1.82, 2.24) is 4.90 Å². The first-order chi connectivity index (χ1) is 8.43. The molecule has 0 saturated carbocycles. The van der Waals surface area contributed by atoms with E-state index >= 15 is 0 Å². The Kier molecular flexibility index (Phi) is 9.33. The summed E-state index contributed by atoms with van der Waals surface area (Å²) in [7, 11) is 1.86. The summed E-state index contributed by atoms with van der Waals surface area (Å²) in [5, 5.41) is 0. The lowest BCUT2D eigenvalue weighted by atomic mass is 10.1. The van der Waals surface area contributed by atoms with Crippen molar-refractivity contribution in [1.29, 1.82) is 0 Å². The van der Waals surface area contributed by atoms with E-state index in [0.29, 0.717) is 18.9 Å². The second kappa shape index (κ2) is 9.92. The van der Waals surface area contributed by atoms with E-state index in [1.165, 1.54) is 6.92 Å². The zero-order valence-corrected chi connectivity index (χ0v) is 12.2. The highest BCUT2D eigenvalue weighted by Gasteiger charge is 2.08. The summed E-state index contributed by atoms with van der Waals surface area (Å²) >= 11 is 0. The van der Waals surface area contributed by atoms with Gasteiger partial charge >= 0.3 is 5.97 Å². The van der Waals surface area contributed by atoms with Crippen molar-refractivity contribution in [2.45, 2.75) is 52.9 Å². The number of hydrogen-bond donors (Lipinski definition) is 0. The summed E-state index contributed by atoms with van der Waals surface area (Å²) in [6.07, 6.45) is 4.27. The van der Waals surface area contributed by atoms with Crippen LogP contribution in [0, 0.1) is 5.92 Å². The lowest BCUT2D eigenvalue weighted by Gasteiger charge is -2.18. The molecule has 0 aromatic heterocycles. The maximum Gasteiger partial charge on any atom is 0.302 e. The fraction of sp³-hybridized carbons (Fsp3) is 0.857. The Balaban J connectivity index is 3.49. The van der Waals surface area contributed by atoms with Crippen molar-refractivity contribution in [3.8, 4) is 0 Å². The van der Waals surface area contributed by atoms with E-state index in [4.69, 9.17) is 4.74 Å². The van der Waals surface area contributed by atoms with Gasteiger partial charge in [0.15, 0.2) is 0 Å². The molecule has 0 rings (SSSR count). The largest absolute Gasteiger partial charge is 0.466 e. The second-order valence-electron chi connectivity index (χ2n) is 5.15. The zero-order valence-electron chi connectivity index (χ0n) is 12.2. The number of unbranched alkanes of at least 4 members (excludes halogenated alkanes) is 2. The summed E-state index contributed by atoms with van der Waals surface area (Å²) in [4.78, 5) is 24.1. The van der Waals surface area contributed by atoms with Gasteiger partial charge in [-0.25, -0.2) is 0 Å². The molecule has 0 aromatic rings. The Morgan fingerprint density at radius 1 is 1.17 bits per heavy atom. The Bertz CT molecular complexity index is 251. The maximum absolute atomic E-state index is 11.7. The van der Waals surface area contributed by atoms with E-state index in [0.717, 1.165) is 32.2 Å². The molecule has 0 radical (unpaired) electrons. The number of hydrogen-bond acceptors (Lipinski definition) is 3. The van der Waals surface area contributed by atoms with Crippen LogP contribution < -0.4 is 0 Å². The molecule has 4 nitrogen and oxygen atoms in total. The minimum atomic E-state index is -0.237. The topological polar surface area (TPSA) is 46.6 Å². The molecule has 18 heavy (non-hydrogen) atoms. The first kappa shape index (κ1) is 16.9. The molecule has 0 heterocycles. The third-order valence-electron chi connectivity index (χ3n) is 2.81. The molecule has 0 aromatic carbocycles. The number of esters is 1. The summed E-state index contributed by atoms with van der Waals surface area (Å²) in [5.74, 6) is 0.603. The van der Waals surface area contributed by atoms with Crippen LogP contribution in [0.15, 0.2) is 0 Å². The minimum absolute atomic E-state index is 0.211. The lowest BCUT2D eigenvalue weighted by Crippen LogP contribution is -2.28. The highest BCUT2D eigenvalue weighted by atomic mass is 16.5. The SMILES string of the molecule is CC(=O)OCCCCCC(=O)N(C)CCC(C)C. The summed E-state index contributed by atoms with van der Waals surface area (Å²) in [6.45, 7) is 7.03. The van der Waals surface area contributed by atoms with E-state index in [2.05, 4.69) is 13.8 Å². The summed E-state index contributed by atoms with van der Waals surface area (Å²) in [6, 6.07) is 0. The molecule has 0 bridgehead atoms. The van der Waals surface area contributed by atoms with Crippen LogP contribution in [0.5, 0.6) is 0 Å². The molecular weight excluding hydrogens is 230 g/mol. The van der Waals surface area contributed by atoms with Gasteiger partial charge < -0.3 is 9.64 Å². The predicted molar refractivity (Wildman–Crippen MR) is 72.2 cm³/mol. The lowest BCUT2D eigenvalue weighted by molar-refractivity contribution is -0.141. The highest BCUT2D eigenvalue weighted by Crippen LogP contribution is 2.05. The van der Waals surface area contributed by atoms with Gasteiger partial charge in [0.05, 0.1) is 6.61 Å². The average Bonchev–Trinajstić information content (AvgIpc) is 2.29. The van der Waals surface area contributed by atoms with E-state index in [1.807, 2.05) is 11.9 Å². The van der Waals surface area contributed by atoms with Crippen LogP contribution in [0.2, 0.25) is 0 Å². The van der Waals surface area contributed by atoms with Crippen molar-refractivity contribution >= 4 is 11.9 Å². The number of carbonyl (C=O) groups excluding carboxylic acids is 2. The van der Waals surface area contributed by atoms with Gasteiger partial charge in [0.25, 0.3) is 0 Å². The summed E-state index contributed by atoms with van der Waals surface area (Å²) in [5.41, 5.74) is 0. The molecule has 0 aliphatic carbocycles.